The summed E-state index contributed by atoms with van der Waals surface area (Å²) in [6.45, 7) is 0.540. The molecule has 2 aromatic carbocycles. The third-order valence-electron chi connectivity index (χ3n) is 5.92. The van der Waals surface area contributed by atoms with E-state index in [4.69, 9.17) is 9.47 Å². The van der Waals surface area contributed by atoms with Gasteiger partial charge in [0, 0.05) is 6.54 Å². The minimum atomic E-state index is -3.54. The van der Waals surface area contributed by atoms with Gasteiger partial charge in [-0.15, -0.1) is 0 Å². The van der Waals surface area contributed by atoms with Crippen LogP contribution in [0.5, 0.6) is 11.5 Å². The fraction of sp³-hybridized carbons (Fsp3) is 0.455. The largest absolute Gasteiger partial charge is 0.493 e. The molecule has 4 rings (SSSR count). The van der Waals surface area contributed by atoms with Crippen molar-refractivity contribution in [2.45, 2.75) is 49.5 Å². The number of nitrogens with zero attached hydrogens (tertiary/aromatic N) is 1. The molecule has 0 amide bonds. The predicted molar refractivity (Wildman–Crippen MR) is 108 cm³/mol. The minimum Gasteiger partial charge on any atom is -0.493 e. The van der Waals surface area contributed by atoms with Crippen molar-refractivity contribution in [1.29, 1.82) is 0 Å². The van der Waals surface area contributed by atoms with Crippen LogP contribution < -0.4 is 9.47 Å². The fourth-order valence-electron chi connectivity index (χ4n) is 4.43. The Balaban J connectivity index is 1.67. The molecule has 0 bridgehead atoms. The average molecular weight is 402 g/mol. The Morgan fingerprint density at radius 1 is 0.893 bits per heavy atom. The number of rotatable bonds is 5. The first kappa shape index (κ1) is 19.3. The molecule has 0 N–H and O–H groups in total. The second-order valence-corrected chi connectivity index (χ2v) is 9.42. The summed E-state index contributed by atoms with van der Waals surface area (Å²) >= 11 is 0. The molecule has 5 nitrogen and oxygen atoms in total. The van der Waals surface area contributed by atoms with Crippen molar-refractivity contribution >= 4 is 10.0 Å². The van der Waals surface area contributed by atoms with Crippen molar-refractivity contribution in [3.8, 4) is 11.5 Å². The number of sulfonamides is 1. The Morgan fingerprint density at radius 2 is 1.64 bits per heavy atom. The van der Waals surface area contributed by atoms with Crippen LogP contribution in [-0.4, -0.2) is 33.5 Å². The lowest BCUT2D eigenvalue weighted by Crippen LogP contribution is -2.31. The van der Waals surface area contributed by atoms with Crippen LogP contribution in [0.25, 0.3) is 0 Å². The number of methoxy groups -OCH3 is 2. The summed E-state index contributed by atoms with van der Waals surface area (Å²) in [5.74, 6) is 1.27. The zero-order valence-corrected chi connectivity index (χ0v) is 17.3. The van der Waals surface area contributed by atoms with Gasteiger partial charge in [-0.05, 0) is 79.5 Å². The van der Waals surface area contributed by atoms with Crippen LogP contribution in [0.3, 0.4) is 0 Å². The minimum absolute atomic E-state index is 0.180. The molecule has 1 atom stereocenters. The predicted octanol–water partition coefficient (Wildman–Crippen LogP) is 4.11. The van der Waals surface area contributed by atoms with E-state index in [0.717, 1.165) is 37.7 Å². The van der Waals surface area contributed by atoms with E-state index >= 15 is 0 Å². The van der Waals surface area contributed by atoms with Gasteiger partial charge in [0.1, 0.15) is 0 Å². The fourth-order valence-corrected chi connectivity index (χ4v) is 6.16. The Kier molecular flexibility index (Phi) is 5.34. The molecule has 1 heterocycles. The Hall–Kier alpha value is -2.05. The first-order valence-electron chi connectivity index (χ1n) is 9.90. The lowest BCUT2D eigenvalue weighted by atomic mass is 9.92. The van der Waals surface area contributed by atoms with Crippen molar-refractivity contribution in [2.24, 2.45) is 0 Å². The van der Waals surface area contributed by atoms with Gasteiger partial charge in [0.2, 0.25) is 10.0 Å². The maximum Gasteiger partial charge on any atom is 0.243 e. The third-order valence-corrected chi connectivity index (χ3v) is 7.83. The zero-order chi connectivity index (χ0) is 19.7. The highest BCUT2D eigenvalue weighted by molar-refractivity contribution is 7.89. The molecule has 1 fully saturated rings. The number of ether oxygens (including phenoxy) is 2. The summed E-state index contributed by atoms with van der Waals surface area (Å²) in [7, 11) is -0.351. The Labute approximate surface area is 167 Å². The van der Waals surface area contributed by atoms with Crippen LogP contribution in [0.4, 0.5) is 0 Å². The lowest BCUT2D eigenvalue weighted by molar-refractivity contribution is 0.351. The Morgan fingerprint density at radius 3 is 2.39 bits per heavy atom. The van der Waals surface area contributed by atoms with E-state index in [0.29, 0.717) is 22.9 Å². The quantitative estimate of drug-likeness (QED) is 0.757. The summed E-state index contributed by atoms with van der Waals surface area (Å²) in [6.07, 6.45) is 6.00. The van der Waals surface area contributed by atoms with Crippen molar-refractivity contribution in [1.82, 2.24) is 4.31 Å². The highest BCUT2D eigenvalue weighted by Crippen LogP contribution is 2.40. The first-order valence-corrected chi connectivity index (χ1v) is 11.3. The van der Waals surface area contributed by atoms with E-state index in [-0.39, 0.29) is 6.04 Å². The summed E-state index contributed by atoms with van der Waals surface area (Å²) in [5, 5.41) is 0. The molecule has 1 saturated heterocycles. The van der Waals surface area contributed by atoms with Gasteiger partial charge in [-0.3, -0.25) is 0 Å². The number of fused-ring (bicyclic) bond motifs is 1. The summed E-state index contributed by atoms with van der Waals surface area (Å²) < 4.78 is 39.3. The van der Waals surface area contributed by atoms with Crippen LogP contribution >= 0.6 is 0 Å². The van der Waals surface area contributed by atoms with Gasteiger partial charge in [0.05, 0.1) is 25.2 Å². The maximum atomic E-state index is 13.5. The number of hydrogen-bond acceptors (Lipinski definition) is 4. The van der Waals surface area contributed by atoms with Crippen LogP contribution in [0.15, 0.2) is 41.3 Å². The molecule has 150 valence electrons. The molecule has 0 spiro atoms. The molecule has 1 aliphatic heterocycles. The summed E-state index contributed by atoms with van der Waals surface area (Å²) in [5.41, 5.74) is 3.42. The van der Waals surface area contributed by atoms with Gasteiger partial charge in [-0.25, -0.2) is 8.42 Å². The topological polar surface area (TPSA) is 55.8 Å². The average Bonchev–Trinajstić information content (AvgIpc) is 3.23. The highest BCUT2D eigenvalue weighted by atomic mass is 32.2. The highest BCUT2D eigenvalue weighted by Gasteiger charge is 2.36. The number of hydrogen-bond donors (Lipinski definition) is 0. The molecule has 0 unspecified atom stereocenters. The molecular weight excluding hydrogens is 374 g/mol. The first-order chi connectivity index (χ1) is 13.5. The monoisotopic (exact) mass is 401 g/mol. The summed E-state index contributed by atoms with van der Waals surface area (Å²) in [4.78, 5) is 0.417. The zero-order valence-electron chi connectivity index (χ0n) is 16.5. The standard InChI is InChI=1S/C22H27NO4S/c1-26-21-12-10-18(15-22(21)27-2)20-8-5-13-23(20)28(24,25)19-11-9-16-6-3-4-7-17(16)14-19/h9-12,14-15,20H,3-8,13H2,1-2H3/t20-/m0/s1. The molecule has 2 aliphatic rings. The van der Waals surface area contributed by atoms with E-state index in [1.54, 1.807) is 24.6 Å². The van der Waals surface area contributed by atoms with E-state index < -0.39 is 10.0 Å². The van der Waals surface area contributed by atoms with Crippen molar-refractivity contribution in [3.05, 3.63) is 53.1 Å². The molecule has 0 aromatic heterocycles. The van der Waals surface area contributed by atoms with Gasteiger partial charge in [0.15, 0.2) is 11.5 Å². The van der Waals surface area contributed by atoms with Crippen LogP contribution in [-0.2, 0) is 22.9 Å². The van der Waals surface area contributed by atoms with E-state index in [9.17, 15) is 8.42 Å². The number of aryl methyl sites for hydroxylation is 2. The van der Waals surface area contributed by atoms with Crippen molar-refractivity contribution < 1.29 is 17.9 Å². The normalized spacial score (nSPS) is 20.0. The van der Waals surface area contributed by atoms with Gasteiger partial charge in [0.25, 0.3) is 0 Å². The van der Waals surface area contributed by atoms with Crippen LogP contribution in [0, 0.1) is 0 Å². The van der Waals surface area contributed by atoms with E-state index in [2.05, 4.69) is 0 Å². The molecule has 0 radical (unpaired) electrons. The summed E-state index contributed by atoms with van der Waals surface area (Å²) in [6, 6.07) is 11.2. The molecule has 6 heteroatoms. The lowest BCUT2D eigenvalue weighted by Gasteiger charge is -2.26. The maximum absolute atomic E-state index is 13.5. The Bertz CT molecular complexity index is 970. The van der Waals surface area contributed by atoms with E-state index in [1.165, 1.54) is 17.5 Å². The smallest absolute Gasteiger partial charge is 0.243 e. The molecule has 0 saturated carbocycles. The molecular formula is C22H27NO4S. The van der Waals surface area contributed by atoms with E-state index in [1.807, 2.05) is 30.3 Å². The second-order valence-electron chi connectivity index (χ2n) is 7.53. The van der Waals surface area contributed by atoms with Gasteiger partial charge < -0.3 is 9.47 Å². The van der Waals surface area contributed by atoms with Gasteiger partial charge in [-0.1, -0.05) is 12.1 Å². The molecule has 28 heavy (non-hydrogen) atoms. The van der Waals surface area contributed by atoms with Crippen LogP contribution in [0.2, 0.25) is 0 Å². The van der Waals surface area contributed by atoms with Crippen molar-refractivity contribution in [3.63, 3.8) is 0 Å². The SMILES string of the molecule is COc1ccc([C@@H]2CCCN2S(=O)(=O)c2ccc3c(c2)CCCC3)cc1OC. The van der Waals surface area contributed by atoms with Gasteiger partial charge >= 0.3 is 0 Å². The van der Waals surface area contributed by atoms with Crippen LogP contribution in [0.1, 0.15) is 48.4 Å². The van der Waals surface area contributed by atoms with Gasteiger partial charge in [-0.2, -0.15) is 4.31 Å². The number of benzene rings is 2. The second kappa shape index (κ2) is 7.76. The molecule has 2 aromatic rings. The van der Waals surface area contributed by atoms with Crippen molar-refractivity contribution in [2.75, 3.05) is 20.8 Å². The molecule has 1 aliphatic carbocycles. The third kappa shape index (κ3) is 3.40.